The molecule has 22 heavy (non-hydrogen) atoms. The van der Waals surface area contributed by atoms with Crippen LogP contribution in [-0.4, -0.2) is 37.5 Å². The zero-order chi connectivity index (χ0) is 15.5. The van der Waals surface area contributed by atoms with Gasteiger partial charge in [0.1, 0.15) is 5.82 Å². The molecule has 1 aromatic rings. The fourth-order valence-corrected chi connectivity index (χ4v) is 3.08. The highest BCUT2D eigenvalue weighted by molar-refractivity contribution is 6.00. The molecule has 0 bridgehead atoms. The first kappa shape index (κ1) is 15.0. The number of amides is 2. The van der Waals surface area contributed by atoms with Gasteiger partial charge in [0.25, 0.3) is 0 Å². The van der Waals surface area contributed by atoms with Gasteiger partial charge in [-0.25, -0.2) is 4.39 Å². The van der Waals surface area contributed by atoms with Crippen molar-refractivity contribution < 1.29 is 14.0 Å². The van der Waals surface area contributed by atoms with E-state index in [0.717, 1.165) is 25.9 Å². The molecular formula is C16H20FN3O2. The van der Waals surface area contributed by atoms with Crippen molar-refractivity contribution in [3.05, 3.63) is 30.1 Å². The Hall–Kier alpha value is -1.95. The van der Waals surface area contributed by atoms with E-state index in [4.69, 9.17) is 0 Å². The highest BCUT2D eigenvalue weighted by Gasteiger charge is 2.36. The molecule has 1 aromatic carbocycles. The molecule has 3 rings (SSSR count). The Balaban J connectivity index is 1.64. The molecular weight excluding hydrogens is 285 g/mol. The van der Waals surface area contributed by atoms with E-state index in [1.165, 1.54) is 11.0 Å². The molecule has 1 unspecified atom stereocenters. The summed E-state index contributed by atoms with van der Waals surface area (Å²) in [4.78, 5) is 25.8. The Labute approximate surface area is 128 Å². The van der Waals surface area contributed by atoms with Crippen LogP contribution < -0.4 is 15.5 Å². The van der Waals surface area contributed by atoms with Crippen molar-refractivity contribution in [1.82, 2.24) is 10.6 Å². The van der Waals surface area contributed by atoms with Gasteiger partial charge in [-0.05, 0) is 31.5 Å². The van der Waals surface area contributed by atoms with Gasteiger partial charge in [0, 0.05) is 25.6 Å². The molecule has 0 radical (unpaired) electrons. The van der Waals surface area contributed by atoms with E-state index in [1.54, 1.807) is 18.2 Å². The van der Waals surface area contributed by atoms with Crippen LogP contribution in [0.4, 0.5) is 10.1 Å². The Morgan fingerprint density at radius 2 is 2.18 bits per heavy atom. The van der Waals surface area contributed by atoms with E-state index in [1.807, 2.05) is 0 Å². The lowest BCUT2D eigenvalue weighted by molar-refractivity contribution is -0.127. The van der Waals surface area contributed by atoms with Crippen LogP contribution in [0, 0.1) is 11.7 Å². The lowest BCUT2D eigenvalue weighted by atomic mass is 10.0. The van der Waals surface area contributed by atoms with Gasteiger partial charge in [0.15, 0.2) is 0 Å². The maximum absolute atomic E-state index is 13.8. The van der Waals surface area contributed by atoms with Gasteiger partial charge in [0.2, 0.25) is 11.8 Å². The number of hydrogen-bond donors (Lipinski definition) is 2. The number of piperidine rings is 1. The Morgan fingerprint density at radius 1 is 1.36 bits per heavy atom. The third-order valence-corrected chi connectivity index (χ3v) is 4.28. The molecule has 2 heterocycles. The molecule has 5 nitrogen and oxygen atoms in total. The van der Waals surface area contributed by atoms with Gasteiger partial charge in [-0.15, -0.1) is 0 Å². The number of anilines is 1. The van der Waals surface area contributed by atoms with Crippen molar-refractivity contribution in [2.45, 2.75) is 25.3 Å². The summed E-state index contributed by atoms with van der Waals surface area (Å²) in [7, 11) is 0. The van der Waals surface area contributed by atoms with E-state index < -0.39 is 11.7 Å². The molecule has 0 aliphatic carbocycles. The predicted octanol–water partition coefficient (Wildman–Crippen LogP) is 1.05. The number of para-hydroxylation sites is 1. The first-order valence-electron chi connectivity index (χ1n) is 7.71. The van der Waals surface area contributed by atoms with Crippen molar-refractivity contribution in [1.29, 1.82) is 0 Å². The smallest absolute Gasteiger partial charge is 0.227 e. The monoisotopic (exact) mass is 305 g/mol. The van der Waals surface area contributed by atoms with Crippen LogP contribution in [0.15, 0.2) is 24.3 Å². The molecule has 2 N–H and O–H groups in total. The number of nitrogens with one attached hydrogen (secondary N) is 2. The SMILES string of the molecule is O=C(N[C@H]1CCCNC1)C1CC(=O)N(c2ccccc2F)C1. The number of nitrogens with zero attached hydrogens (tertiary/aromatic N) is 1. The zero-order valence-corrected chi connectivity index (χ0v) is 12.3. The van der Waals surface area contributed by atoms with Crippen molar-refractivity contribution in [2.24, 2.45) is 5.92 Å². The van der Waals surface area contributed by atoms with Crippen molar-refractivity contribution in [2.75, 3.05) is 24.5 Å². The topological polar surface area (TPSA) is 61.4 Å². The molecule has 2 aliphatic heterocycles. The maximum atomic E-state index is 13.8. The Bertz CT molecular complexity index is 572. The van der Waals surface area contributed by atoms with E-state index >= 15 is 0 Å². The quantitative estimate of drug-likeness (QED) is 0.877. The first-order chi connectivity index (χ1) is 10.6. The van der Waals surface area contributed by atoms with Gasteiger partial charge in [0.05, 0.1) is 11.6 Å². The predicted molar refractivity (Wildman–Crippen MR) is 80.9 cm³/mol. The van der Waals surface area contributed by atoms with Gasteiger partial charge >= 0.3 is 0 Å². The van der Waals surface area contributed by atoms with Crippen molar-refractivity contribution in [3.8, 4) is 0 Å². The third kappa shape index (κ3) is 3.11. The normalized spacial score (nSPS) is 25.3. The lowest BCUT2D eigenvalue weighted by Gasteiger charge is -2.25. The number of carbonyl (C=O) groups excluding carboxylic acids is 2. The Morgan fingerprint density at radius 3 is 2.91 bits per heavy atom. The second kappa shape index (κ2) is 6.44. The summed E-state index contributed by atoms with van der Waals surface area (Å²) < 4.78 is 13.8. The number of carbonyl (C=O) groups is 2. The number of benzene rings is 1. The average molecular weight is 305 g/mol. The fourth-order valence-electron chi connectivity index (χ4n) is 3.08. The second-order valence-electron chi connectivity index (χ2n) is 5.91. The fraction of sp³-hybridized carbons (Fsp3) is 0.500. The third-order valence-electron chi connectivity index (χ3n) is 4.28. The van der Waals surface area contributed by atoms with E-state index in [2.05, 4.69) is 10.6 Å². The Kier molecular flexibility index (Phi) is 4.38. The van der Waals surface area contributed by atoms with Gasteiger partial charge in [-0.3, -0.25) is 9.59 Å². The largest absolute Gasteiger partial charge is 0.352 e. The zero-order valence-electron chi connectivity index (χ0n) is 12.3. The van der Waals surface area contributed by atoms with Crippen LogP contribution in [0.1, 0.15) is 19.3 Å². The summed E-state index contributed by atoms with van der Waals surface area (Å²) in [5.41, 5.74) is 0.252. The van der Waals surface area contributed by atoms with E-state index in [0.29, 0.717) is 0 Å². The molecule has 2 fully saturated rings. The van der Waals surface area contributed by atoms with Gasteiger partial charge < -0.3 is 15.5 Å². The van der Waals surface area contributed by atoms with Crippen LogP contribution in [0.5, 0.6) is 0 Å². The van der Waals surface area contributed by atoms with Gasteiger partial charge in [-0.2, -0.15) is 0 Å². The molecule has 2 saturated heterocycles. The van der Waals surface area contributed by atoms with Crippen LogP contribution in [-0.2, 0) is 9.59 Å². The maximum Gasteiger partial charge on any atom is 0.227 e. The molecule has 118 valence electrons. The first-order valence-corrected chi connectivity index (χ1v) is 7.71. The summed E-state index contributed by atoms with van der Waals surface area (Å²) in [5.74, 6) is -1.16. The molecule has 0 aromatic heterocycles. The van der Waals surface area contributed by atoms with E-state index in [9.17, 15) is 14.0 Å². The summed E-state index contributed by atoms with van der Waals surface area (Å²) >= 11 is 0. The molecule has 0 saturated carbocycles. The minimum Gasteiger partial charge on any atom is -0.352 e. The summed E-state index contributed by atoms with van der Waals surface area (Å²) in [6.45, 7) is 1.99. The summed E-state index contributed by atoms with van der Waals surface area (Å²) in [5, 5.41) is 6.23. The minimum absolute atomic E-state index is 0.110. The highest BCUT2D eigenvalue weighted by Crippen LogP contribution is 2.27. The molecule has 2 atom stereocenters. The van der Waals surface area contributed by atoms with Crippen molar-refractivity contribution >= 4 is 17.5 Å². The number of halogens is 1. The lowest BCUT2D eigenvalue weighted by Crippen LogP contribution is -2.47. The highest BCUT2D eigenvalue weighted by atomic mass is 19.1. The summed E-state index contributed by atoms with van der Waals surface area (Å²) in [6.07, 6.45) is 2.13. The van der Waals surface area contributed by atoms with Crippen LogP contribution >= 0.6 is 0 Å². The standard InChI is InChI=1S/C16H20FN3O2/c17-13-5-1-2-6-14(13)20-10-11(8-15(20)21)16(22)19-12-4-3-7-18-9-12/h1-2,5-6,11-12,18H,3-4,7-10H2,(H,19,22)/t11?,12-/m0/s1. The van der Waals surface area contributed by atoms with Crippen LogP contribution in [0.25, 0.3) is 0 Å². The van der Waals surface area contributed by atoms with Gasteiger partial charge in [-0.1, -0.05) is 12.1 Å². The minimum atomic E-state index is -0.437. The number of rotatable bonds is 3. The molecule has 2 aliphatic rings. The molecule has 0 spiro atoms. The van der Waals surface area contributed by atoms with E-state index in [-0.39, 0.29) is 36.5 Å². The number of hydrogen-bond acceptors (Lipinski definition) is 3. The van der Waals surface area contributed by atoms with Crippen LogP contribution in [0.2, 0.25) is 0 Å². The molecule has 6 heteroatoms. The van der Waals surface area contributed by atoms with Crippen molar-refractivity contribution in [3.63, 3.8) is 0 Å². The van der Waals surface area contributed by atoms with Crippen LogP contribution in [0.3, 0.4) is 0 Å². The second-order valence-corrected chi connectivity index (χ2v) is 5.91. The molecule has 2 amide bonds. The average Bonchev–Trinajstić information content (AvgIpc) is 2.91. The summed E-state index contributed by atoms with van der Waals surface area (Å²) in [6, 6.07) is 6.29.